The smallest absolute Gasteiger partial charge is 0.284 e. The summed E-state index contributed by atoms with van der Waals surface area (Å²) in [7, 11) is 0. The van der Waals surface area contributed by atoms with E-state index in [4.69, 9.17) is 16.3 Å². The predicted octanol–water partition coefficient (Wildman–Crippen LogP) is 5.93. The molecule has 0 aliphatic rings. The van der Waals surface area contributed by atoms with E-state index in [0.29, 0.717) is 12.5 Å². The molecule has 1 unspecified atom stereocenters. The third kappa shape index (κ3) is 5.08. The summed E-state index contributed by atoms with van der Waals surface area (Å²) in [6.07, 6.45) is -0.616. The van der Waals surface area contributed by atoms with Crippen molar-refractivity contribution in [2.24, 2.45) is 11.8 Å². The van der Waals surface area contributed by atoms with Gasteiger partial charge in [-0.15, -0.1) is 0 Å². The maximum absolute atomic E-state index is 14.0. The highest BCUT2D eigenvalue weighted by atomic mass is 35.5. The molecule has 1 atom stereocenters. The number of rotatable bonds is 7. The van der Waals surface area contributed by atoms with Crippen molar-refractivity contribution in [3.8, 4) is 17.0 Å². The first kappa shape index (κ1) is 19.5. The topological polar surface area (TPSA) is 35.0 Å². The number of hydrogen-bond donors (Lipinski definition) is 0. The van der Waals surface area contributed by atoms with Gasteiger partial charge in [0, 0.05) is 11.8 Å². The van der Waals surface area contributed by atoms with Crippen LogP contribution in [-0.2, 0) is 0 Å². The van der Waals surface area contributed by atoms with Gasteiger partial charge in [0.15, 0.2) is 11.0 Å². The molecule has 0 aliphatic heterocycles. The molecule has 2 heterocycles. The highest BCUT2D eigenvalue weighted by Crippen LogP contribution is 2.32. The van der Waals surface area contributed by atoms with Crippen LogP contribution in [0.5, 0.6) is 5.75 Å². The number of alkyl halides is 2. The molecule has 2 rings (SSSR count). The Morgan fingerprint density at radius 1 is 1.16 bits per heavy atom. The van der Waals surface area contributed by atoms with Gasteiger partial charge in [-0.2, -0.15) is 0 Å². The predicted molar refractivity (Wildman–Crippen MR) is 91.5 cm³/mol. The highest BCUT2D eigenvalue weighted by molar-refractivity contribution is 6.29. The molecule has 0 aliphatic carbocycles. The fourth-order valence-electron chi connectivity index (χ4n) is 2.61. The summed E-state index contributed by atoms with van der Waals surface area (Å²) < 4.78 is 46.3. The van der Waals surface area contributed by atoms with E-state index in [0.717, 1.165) is 6.42 Å². The van der Waals surface area contributed by atoms with E-state index in [1.165, 1.54) is 24.4 Å². The molecule has 0 spiro atoms. The third-order valence-electron chi connectivity index (χ3n) is 3.61. The zero-order valence-electron chi connectivity index (χ0n) is 14.3. The monoisotopic (exact) mass is 372 g/mol. The van der Waals surface area contributed by atoms with Crippen LogP contribution in [-0.4, -0.2) is 16.6 Å². The average molecular weight is 373 g/mol. The summed E-state index contributed by atoms with van der Waals surface area (Å²) in [5.74, 6) is -0.0687. The van der Waals surface area contributed by atoms with Crippen LogP contribution < -0.4 is 4.74 Å². The average Bonchev–Trinajstić information content (AvgIpc) is 2.54. The van der Waals surface area contributed by atoms with Gasteiger partial charge in [-0.3, -0.25) is 0 Å². The lowest BCUT2D eigenvalue weighted by Crippen LogP contribution is -2.12. The second kappa shape index (κ2) is 8.52. The number of ether oxygens (including phenoxy) is 1. The first-order valence-corrected chi connectivity index (χ1v) is 8.39. The van der Waals surface area contributed by atoms with Crippen molar-refractivity contribution in [2.75, 3.05) is 6.61 Å². The first-order valence-electron chi connectivity index (χ1n) is 8.01. The molecule has 136 valence electrons. The van der Waals surface area contributed by atoms with Crippen molar-refractivity contribution >= 4 is 11.6 Å². The van der Waals surface area contributed by atoms with E-state index in [2.05, 4.69) is 23.8 Å². The summed E-state index contributed by atoms with van der Waals surface area (Å²) in [4.78, 5) is 7.48. The molecular weight excluding hydrogens is 353 g/mol. The van der Waals surface area contributed by atoms with E-state index in [-0.39, 0.29) is 28.1 Å². The van der Waals surface area contributed by atoms with Crippen LogP contribution >= 0.6 is 11.6 Å². The molecule has 0 radical (unpaired) electrons. The SMILES string of the molecule is CC(C)CC(C)COc1ccc(-c2ccnc(Cl)c2F)nc1C(F)F. The zero-order chi connectivity index (χ0) is 18.6. The second-order valence-electron chi connectivity index (χ2n) is 6.39. The van der Waals surface area contributed by atoms with E-state index >= 15 is 0 Å². The van der Waals surface area contributed by atoms with Gasteiger partial charge in [-0.1, -0.05) is 32.4 Å². The molecule has 2 aromatic rings. The molecule has 7 heteroatoms. The van der Waals surface area contributed by atoms with Crippen molar-refractivity contribution in [3.63, 3.8) is 0 Å². The molecule has 0 saturated heterocycles. The van der Waals surface area contributed by atoms with Crippen molar-refractivity contribution in [1.82, 2.24) is 9.97 Å². The Kier molecular flexibility index (Phi) is 6.64. The number of nitrogens with zero attached hydrogens (tertiary/aromatic N) is 2. The normalized spacial score (nSPS) is 12.7. The Hall–Kier alpha value is -1.82. The van der Waals surface area contributed by atoms with E-state index in [1.54, 1.807) is 0 Å². The van der Waals surface area contributed by atoms with Crippen molar-refractivity contribution in [3.05, 3.63) is 41.1 Å². The van der Waals surface area contributed by atoms with Crippen LogP contribution in [0.3, 0.4) is 0 Å². The summed E-state index contributed by atoms with van der Waals surface area (Å²) >= 11 is 5.64. The lowest BCUT2D eigenvalue weighted by Gasteiger charge is -2.17. The first-order chi connectivity index (χ1) is 11.8. The molecule has 0 N–H and O–H groups in total. The minimum atomic E-state index is -2.84. The summed E-state index contributed by atoms with van der Waals surface area (Å²) in [6, 6.07) is 4.16. The van der Waals surface area contributed by atoms with E-state index in [1.807, 2.05) is 6.92 Å². The van der Waals surface area contributed by atoms with Crippen LogP contribution in [0.4, 0.5) is 13.2 Å². The van der Waals surface area contributed by atoms with Gasteiger partial charge >= 0.3 is 0 Å². The molecule has 0 saturated carbocycles. The lowest BCUT2D eigenvalue weighted by atomic mass is 10.00. The Labute approximate surface area is 150 Å². The maximum atomic E-state index is 14.0. The van der Waals surface area contributed by atoms with Crippen molar-refractivity contribution in [1.29, 1.82) is 0 Å². The standard InChI is InChI=1S/C18H20ClF3N2O/c1-10(2)8-11(3)9-25-14-5-4-13(24-16(14)18(21)22)12-6-7-23-17(19)15(12)20/h4-7,10-11,18H,8-9H2,1-3H3. The number of hydrogen-bond acceptors (Lipinski definition) is 3. The van der Waals surface area contributed by atoms with Gasteiger partial charge < -0.3 is 4.74 Å². The van der Waals surface area contributed by atoms with Crippen LogP contribution in [0.25, 0.3) is 11.3 Å². The fourth-order valence-corrected chi connectivity index (χ4v) is 2.77. The highest BCUT2D eigenvalue weighted by Gasteiger charge is 2.20. The largest absolute Gasteiger partial charge is 0.491 e. The van der Waals surface area contributed by atoms with Gasteiger partial charge in [-0.05, 0) is 36.5 Å². The molecule has 0 aromatic carbocycles. The maximum Gasteiger partial charge on any atom is 0.284 e. The summed E-state index contributed by atoms with van der Waals surface area (Å²) in [6.45, 7) is 6.49. The van der Waals surface area contributed by atoms with Gasteiger partial charge in [0.2, 0.25) is 0 Å². The lowest BCUT2D eigenvalue weighted by molar-refractivity contribution is 0.137. The van der Waals surface area contributed by atoms with Gasteiger partial charge in [-0.25, -0.2) is 23.1 Å². The van der Waals surface area contributed by atoms with Crippen molar-refractivity contribution < 1.29 is 17.9 Å². The van der Waals surface area contributed by atoms with Gasteiger partial charge in [0.25, 0.3) is 6.43 Å². The fraction of sp³-hybridized carbons (Fsp3) is 0.444. The Morgan fingerprint density at radius 2 is 1.88 bits per heavy atom. The van der Waals surface area contributed by atoms with E-state index < -0.39 is 17.9 Å². The summed E-state index contributed by atoms with van der Waals surface area (Å²) in [5, 5.41) is -0.333. The number of aromatic nitrogens is 2. The molecule has 0 fully saturated rings. The van der Waals surface area contributed by atoms with Crippen LogP contribution in [0, 0.1) is 17.7 Å². The van der Waals surface area contributed by atoms with E-state index in [9.17, 15) is 13.2 Å². The van der Waals surface area contributed by atoms with Gasteiger partial charge in [0.05, 0.1) is 12.3 Å². The van der Waals surface area contributed by atoms with Gasteiger partial charge in [0.1, 0.15) is 11.4 Å². The molecular formula is C18H20ClF3N2O. The van der Waals surface area contributed by atoms with Crippen LogP contribution in [0.2, 0.25) is 5.15 Å². The Morgan fingerprint density at radius 3 is 2.52 bits per heavy atom. The molecule has 0 amide bonds. The van der Waals surface area contributed by atoms with Crippen LogP contribution in [0.15, 0.2) is 24.4 Å². The second-order valence-corrected chi connectivity index (χ2v) is 6.75. The minimum absolute atomic E-state index is 0.00918. The number of halogens is 4. The third-order valence-corrected chi connectivity index (χ3v) is 3.88. The Bertz CT molecular complexity index is 725. The van der Waals surface area contributed by atoms with Crippen molar-refractivity contribution in [2.45, 2.75) is 33.6 Å². The minimum Gasteiger partial charge on any atom is -0.491 e. The Balaban J connectivity index is 2.27. The zero-order valence-corrected chi connectivity index (χ0v) is 15.0. The molecule has 25 heavy (non-hydrogen) atoms. The molecule has 0 bridgehead atoms. The molecule has 3 nitrogen and oxygen atoms in total. The molecule has 2 aromatic heterocycles. The quantitative estimate of drug-likeness (QED) is 0.564. The summed E-state index contributed by atoms with van der Waals surface area (Å²) in [5.41, 5.74) is -0.442. The van der Waals surface area contributed by atoms with Crippen LogP contribution in [0.1, 0.15) is 39.3 Å². The number of pyridine rings is 2.